The molecule has 1 aromatic carbocycles. The Morgan fingerprint density at radius 3 is 2.21 bits per heavy atom. The molecule has 0 amide bonds. The van der Waals surface area contributed by atoms with Gasteiger partial charge in [-0.15, -0.1) is 0 Å². The number of thioether (sulfide) groups is 1. The summed E-state index contributed by atoms with van der Waals surface area (Å²) in [5.74, 6) is -2.40. The highest BCUT2D eigenvalue weighted by Crippen LogP contribution is 2.26. The molecule has 1 aromatic rings. The summed E-state index contributed by atoms with van der Waals surface area (Å²) in [7, 11) is 0. The largest absolute Gasteiger partial charge is 0.359 e. The van der Waals surface area contributed by atoms with Crippen LogP contribution in [-0.4, -0.2) is 28.0 Å². The fourth-order valence-electron chi connectivity index (χ4n) is 3.69. The number of rotatable bonds is 4. The van der Waals surface area contributed by atoms with Gasteiger partial charge >= 0.3 is 0 Å². The van der Waals surface area contributed by atoms with Crippen LogP contribution in [0.5, 0.6) is 0 Å². The molecular formula is C17H26F2N3S2+. The first kappa shape index (κ1) is 19.4. The Morgan fingerprint density at radius 2 is 1.71 bits per heavy atom. The van der Waals surface area contributed by atoms with Crippen molar-refractivity contribution in [3.05, 3.63) is 24.3 Å². The van der Waals surface area contributed by atoms with Crippen molar-refractivity contribution < 1.29 is 14.1 Å². The van der Waals surface area contributed by atoms with Crippen molar-refractivity contribution in [1.82, 2.24) is 5.32 Å². The minimum atomic E-state index is -2.40. The Labute approximate surface area is 152 Å². The number of nitrogens with one attached hydrogen (secondary N) is 2. The lowest BCUT2D eigenvalue weighted by Crippen LogP contribution is -3.06. The van der Waals surface area contributed by atoms with Crippen LogP contribution in [0.4, 0.5) is 14.5 Å². The van der Waals surface area contributed by atoms with Crippen molar-refractivity contribution in [3.63, 3.8) is 0 Å². The molecule has 1 heterocycles. The van der Waals surface area contributed by atoms with Crippen molar-refractivity contribution in [2.45, 2.75) is 68.3 Å². The van der Waals surface area contributed by atoms with Crippen molar-refractivity contribution >= 4 is 34.8 Å². The molecule has 0 aromatic heterocycles. The molecule has 4 N–H and O–H groups in total. The monoisotopic (exact) mass is 374 g/mol. The molecule has 1 saturated heterocycles. The number of nitrogens with two attached hydrogens (primary N) is 1. The molecule has 3 nitrogen and oxygen atoms in total. The molecule has 0 saturated carbocycles. The molecule has 0 bridgehead atoms. The van der Waals surface area contributed by atoms with Crippen LogP contribution < -0.4 is 16.0 Å². The highest BCUT2D eigenvalue weighted by atomic mass is 32.2. The van der Waals surface area contributed by atoms with E-state index in [1.54, 1.807) is 24.3 Å². The Hall–Kier alpha value is -0.920. The third-order valence-electron chi connectivity index (χ3n) is 4.00. The van der Waals surface area contributed by atoms with Gasteiger partial charge in [-0.2, -0.15) is 8.78 Å². The number of anilines is 1. The quantitative estimate of drug-likeness (QED) is 0.557. The average molecular weight is 375 g/mol. The number of quaternary nitrogens is 1. The lowest BCUT2D eigenvalue weighted by molar-refractivity contribution is -0.787. The Balaban J connectivity index is 1.91. The predicted octanol–water partition coefficient (Wildman–Crippen LogP) is 3.57. The first-order valence-corrected chi connectivity index (χ1v) is 9.33. The number of halogens is 2. The normalized spacial score (nSPS) is 20.0. The third-order valence-corrected chi connectivity index (χ3v) is 4.94. The van der Waals surface area contributed by atoms with Gasteiger partial charge in [0.15, 0.2) is 5.11 Å². The van der Waals surface area contributed by atoms with Crippen molar-refractivity contribution in [3.8, 4) is 0 Å². The van der Waals surface area contributed by atoms with Gasteiger partial charge in [0.1, 0.15) is 0 Å². The minimum absolute atomic E-state index is 0.170. The molecule has 2 rings (SSSR count). The van der Waals surface area contributed by atoms with E-state index in [1.807, 2.05) is 0 Å². The molecular weight excluding hydrogens is 348 g/mol. The zero-order valence-corrected chi connectivity index (χ0v) is 16.2. The SMILES string of the molecule is CC1(C)CC(NC(=S)Nc2ccc(SC(F)F)cc2)CC(C)(C)[NH2+]1. The zero-order chi connectivity index (χ0) is 18.0. The maximum Gasteiger partial charge on any atom is 0.288 e. The van der Waals surface area contributed by atoms with Gasteiger partial charge in [-0.1, -0.05) is 11.8 Å². The summed E-state index contributed by atoms with van der Waals surface area (Å²) in [6.07, 6.45) is 2.06. The number of benzene rings is 1. The number of thiocarbonyl (C=S) groups is 1. The standard InChI is InChI=1S/C17H25F2N3S2/c1-16(2)9-12(10-17(3,4)22-16)21-15(23)20-11-5-7-13(8-6-11)24-14(18)19/h5-8,12,14,22H,9-10H2,1-4H3,(H2,20,21,23)/p+1. The fraction of sp³-hybridized carbons (Fsp3) is 0.588. The summed E-state index contributed by atoms with van der Waals surface area (Å²) < 4.78 is 24.7. The van der Waals surface area contributed by atoms with E-state index in [1.165, 1.54) is 0 Å². The highest BCUT2D eigenvalue weighted by molar-refractivity contribution is 7.99. The smallest absolute Gasteiger partial charge is 0.288 e. The summed E-state index contributed by atoms with van der Waals surface area (Å²) >= 11 is 5.95. The van der Waals surface area contributed by atoms with Crippen molar-refractivity contribution in [2.75, 3.05) is 5.32 Å². The number of hydrogen-bond donors (Lipinski definition) is 3. The predicted molar refractivity (Wildman–Crippen MR) is 101 cm³/mol. The van der Waals surface area contributed by atoms with Crippen LogP contribution in [0.3, 0.4) is 0 Å². The van der Waals surface area contributed by atoms with Gasteiger partial charge in [-0.3, -0.25) is 0 Å². The van der Waals surface area contributed by atoms with Gasteiger partial charge in [-0.05, 0) is 64.2 Å². The minimum Gasteiger partial charge on any atom is -0.359 e. The van der Waals surface area contributed by atoms with Crippen LogP contribution in [0.1, 0.15) is 40.5 Å². The van der Waals surface area contributed by atoms with Crippen LogP contribution >= 0.6 is 24.0 Å². The van der Waals surface area contributed by atoms with E-state index in [4.69, 9.17) is 12.2 Å². The number of alkyl halides is 2. The molecule has 0 radical (unpaired) electrons. The third kappa shape index (κ3) is 6.18. The van der Waals surface area contributed by atoms with Gasteiger partial charge in [0.2, 0.25) is 0 Å². The van der Waals surface area contributed by atoms with E-state index >= 15 is 0 Å². The molecule has 7 heteroatoms. The van der Waals surface area contributed by atoms with Crippen LogP contribution in [-0.2, 0) is 0 Å². The van der Waals surface area contributed by atoms with E-state index < -0.39 is 5.76 Å². The molecule has 134 valence electrons. The average Bonchev–Trinajstić information content (AvgIpc) is 2.36. The maximum absolute atomic E-state index is 12.3. The number of piperidine rings is 1. The topological polar surface area (TPSA) is 40.7 Å². The van der Waals surface area contributed by atoms with Crippen LogP contribution in [0.25, 0.3) is 0 Å². The summed E-state index contributed by atoms with van der Waals surface area (Å²) in [6.45, 7) is 8.99. The van der Waals surface area contributed by atoms with Crippen molar-refractivity contribution in [1.29, 1.82) is 0 Å². The number of hydrogen-bond acceptors (Lipinski definition) is 2. The van der Waals surface area contributed by atoms with Gasteiger partial charge in [0.05, 0.1) is 11.1 Å². The maximum atomic E-state index is 12.3. The van der Waals surface area contributed by atoms with Crippen LogP contribution in [0.2, 0.25) is 0 Å². The first-order valence-electron chi connectivity index (χ1n) is 8.04. The van der Waals surface area contributed by atoms with Gasteiger partial charge < -0.3 is 16.0 Å². The van der Waals surface area contributed by atoms with Gasteiger partial charge in [0, 0.05) is 29.5 Å². The summed E-state index contributed by atoms with van der Waals surface area (Å²) in [5, 5.41) is 9.54. The van der Waals surface area contributed by atoms with E-state index in [9.17, 15) is 8.78 Å². The molecule has 1 aliphatic rings. The Kier molecular flexibility index (Phi) is 6.09. The Morgan fingerprint density at radius 1 is 1.17 bits per heavy atom. The summed E-state index contributed by atoms with van der Waals surface area (Å²) in [6, 6.07) is 7.18. The lowest BCUT2D eigenvalue weighted by atomic mass is 9.80. The van der Waals surface area contributed by atoms with Gasteiger partial charge in [-0.25, -0.2) is 0 Å². The molecule has 1 aliphatic heterocycles. The second kappa shape index (κ2) is 7.54. The molecule has 0 atom stereocenters. The molecule has 0 unspecified atom stereocenters. The summed E-state index contributed by atoms with van der Waals surface area (Å²) in [4.78, 5) is 0.542. The zero-order valence-electron chi connectivity index (χ0n) is 14.5. The van der Waals surface area contributed by atoms with E-state index in [0.29, 0.717) is 27.8 Å². The van der Waals surface area contributed by atoms with E-state index in [2.05, 4.69) is 43.6 Å². The molecule has 24 heavy (non-hydrogen) atoms. The fourth-order valence-corrected chi connectivity index (χ4v) is 4.48. The van der Waals surface area contributed by atoms with Crippen LogP contribution in [0, 0.1) is 0 Å². The van der Waals surface area contributed by atoms with Crippen LogP contribution in [0.15, 0.2) is 29.2 Å². The van der Waals surface area contributed by atoms with Gasteiger partial charge in [0.25, 0.3) is 5.76 Å². The van der Waals surface area contributed by atoms with Crippen molar-refractivity contribution in [2.24, 2.45) is 0 Å². The lowest BCUT2D eigenvalue weighted by Gasteiger charge is -2.43. The second-order valence-corrected chi connectivity index (χ2v) is 9.20. The first-order chi connectivity index (χ1) is 11.0. The van der Waals surface area contributed by atoms with E-state index in [0.717, 1.165) is 18.5 Å². The highest BCUT2D eigenvalue weighted by Gasteiger charge is 2.41. The molecule has 0 aliphatic carbocycles. The summed E-state index contributed by atoms with van der Waals surface area (Å²) in [5.41, 5.74) is 1.14. The second-order valence-electron chi connectivity index (χ2n) is 7.73. The molecule has 0 spiro atoms. The molecule has 1 fully saturated rings. The van der Waals surface area contributed by atoms with E-state index in [-0.39, 0.29) is 11.1 Å². The Bertz CT molecular complexity index is 558.